The molecule has 138 valence electrons. The third-order valence-electron chi connectivity index (χ3n) is 4.55. The normalized spacial score (nSPS) is 23.8. The summed E-state index contributed by atoms with van der Waals surface area (Å²) in [5, 5.41) is 3.29. The van der Waals surface area contributed by atoms with Gasteiger partial charge in [0, 0.05) is 24.2 Å². The minimum absolute atomic E-state index is 0. The number of carbonyl (C=O) groups excluding carboxylic acids is 1. The zero-order valence-electron chi connectivity index (χ0n) is 13.8. The lowest BCUT2D eigenvalue weighted by Gasteiger charge is -2.26. The predicted molar refractivity (Wildman–Crippen MR) is 101 cm³/mol. The van der Waals surface area contributed by atoms with Gasteiger partial charge < -0.3 is 10.1 Å². The standard InChI is InChI=1S/C18H18N2O4S.ClH/c21-18-6-2-13-10-16(4-5-17(13)24-18)25(22,23)20-15-3-1-14-11-19-8-7-12(14)9-15;/h1-6,9-10,13,17,19-20H,7-8,11H2;1H. The molecule has 0 saturated carbocycles. The molecule has 0 spiro atoms. The molecule has 1 aromatic carbocycles. The Morgan fingerprint density at radius 2 is 2.00 bits per heavy atom. The van der Waals surface area contributed by atoms with E-state index in [4.69, 9.17) is 4.74 Å². The summed E-state index contributed by atoms with van der Waals surface area (Å²) in [4.78, 5) is 11.4. The van der Waals surface area contributed by atoms with Gasteiger partial charge in [-0.15, -0.1) is 12.4 Å². The number of ether oxygens (including phenoxy) is 1. The molecule has 0 saturated heterocycles. The van der Waals surface area contributed by atoms with Crippen LogP contribution in [0.15, 0.2) is 53.5 Å². The predicted octanol–water partition coefficient (Wildman–Crippen LogP) is 2.05. The van der Waals surface area contributed by atoms with Crippen molar-refractivity contribution in [2.45, 2.75) is 19.1 Å². The molecule has 6 nitrogen and oxygen atoms in total. The second kappa shape index (κ2) is 7.26. The van der Waals surface area contributed by atoms with E-state index in [0.717, 1.165) is 25.1 Å². The minimum atomic E-state index is -3.69. The average molecular weight is 395 g/mol. The minimum Gasteiger partial charge on any atom is -0.454 e. The Labute approximate surface area is 158 Å². The lowest BCUT2D eigenvalue weighted by atomic mass is 9.95. The van der Waals surface area contributed by atoms with Crippen LogP contribution in [0.4, 0.5) is 5.69 Å². The third kappa shape index (κ3) is 3.70. The number of sulfonamides is 1. The average Bonchev–Trinajstić information content (AvgIpc) is 2.60. The van der Waals surface area contributed by atoms with Gasteiger partial charge in [0.25, 0.3) is 10.0 Å². The van der Waals surface area contributed by atoms with Crippen molar-refractivity contribution in [3.8, 4) is 0 Å². The lowest BCUT2D eigenvalue weighted by Crippen LogP contribution is -2.29. The van der Waals surface area contributed by atoms with Gasteiger partial charge in [-0.2, -0.15) is 0 Å². The number of anilines is 1. The maximum atomic E-state index is 12.7. The van der Waals surface area contributed by atoms with Crippen LogP contribution in [0, 0.1) is 5.92 Å². The smallest absolute Gasteiger partial charge is 0.331 e. The number of nitrogens with one attached hydrogen (secondary N) is 2. The van der Waals surface area contributed by atoms with E-state index >= 15 is 0 Å². The molecule has 2 N–H and O–H groups in total. The first kappa shape index (κ1) is 18.7. The number of fused-ring (bicyclic) bond motifs is 2. The highest BCUT2D eigenvalue weighted by molar-refractivity contribution is 7.96. The molecule has 1 aliphatic carbocycles. The quantitative estimate of drug-likeness (QED) is 0.766. The molecule has 2 aliphatic heterocycles. The van der Waals surface area contributed by atoms with Crippen LogP contribution in [0.1, 0.15) is 11.1 Å². The van der Waals surface area contributed by atoms with Gasteiger partial charge >= 0.3 is 5.97 Å². The topological polar surface area (TPSA) is 84.5 Å². The fourth-order valence-corrected chi connectivity index (χ4v) is 4.39. The molecular weight excluding hydrogens is 376 g/mol. The summed E-state index contributed by atoms with van der Waals surface area (Å²) < 4.78 is 33.2. The highest BCUT2D eigenvalue weighted by atomic mass is 35.5. The molecule has 0 radical (unpaired) electrons. The van der Waals surface area contributed by atoms with Gasteiger partial charge in [0.15, 0.2) is 0 Å². The summed E-state index contributed by atoms with van der Waals surface area (Å²) in [7, 11) is -3.69. The highest BCUT2D eigenvalue weighted by Gasteiger charge is 2.29. The Balaban J connectivity index is 0.00000196. The number of allylic oxidation sites excluding steroid dienone is 1. The number of rotatable bonds is 3. The first-order valence-electron chi connectivity index (χ1n) is 8.15. The zero-order valence-corrected chi connectivity index (χ0v) is 15.5. The van der Waals surface area contributed by atoms with E-state index < -0.39 is 22.1 Å². The SMILES string of the molecule is Cl.O=C1C=CC2C=C(S(=O)(=O)Nc3ccc4c(c3)CCNC4)C=CC2O1. The second-order valence-electron chi connectivity index (χ2n) is 6.28. The van der Waals surface area contributed by atoms with Crippen molar-refractivity contribution in [2.24, 2.45) is 5.92 Å². The van der Waals surface area contributed by atoms with E-state index in [1.807, 2.05) is 12.1 Å². The molecule has 0 fully saturated rings. The van der Waals surface area contributed by atoms with Crippen LogP contribution in [-0.4, -0.2) is 27.0 Å². The Kier molecular flexibility index (Phi) is 5.22. The van der Waals surface area contributed by atoms with Gasteiger partial charge in [0.05, 0.1) is 4.91 Å². The molecule has 8 heteroatoms. The molecule has 2 atom stereocenters. The van der Waals surface area contributed by atoms with E-state index in [-0.39, 0.29) is 23.2 Å². The lowest BCUT2D eigenvalue weighted by molar-refractivity contribution is -0.143. The molecule has 2 unspecified atom stereocenters. The van der Waals surface area contributed by atoms with Crippen LogP contribution in [0.25, 0.3) is 0 Å². The molecular formula is C18H19ClN2O4S. The van der Waals surface area contributed by atoms with Crippen molar-refractivity contribution in [1.29, 1.82) is 0 Å². The van der Waals surface area contributed by atoms with Crippen molar-refractivity contribution >= 4 is 34.1 Å². The maximum Gasteiger partial charge on any atom is 0.331 e. The summed E-state index contributed by atoms with van der Waals surface area (Å²) in [5.41, 5.74) is 2.92. The van der Waals surface area contributed by atoms with Gasteiger partial charge in [0.1, 0.15) is 6.10 Å². The molecule has 0 bridgehead atoms. The van der Waals surface area contributed by atoms with Crippen molar-refractivity contribution < 1.29 is 17.9 Å². The fraction of sp³-hybridized carbons (Fsp3) is 0.278. The monoisotopic (exact) mass is 394 g/mol. The van der Waals surface area contributed by atoms with Crippen LogP contribution in [0.3, 0.4) is 0 Å². The Morgan fingerprint density at radius 3 is 2.85 bits per heavy atom. The molecule has 0 amide bonds. The van der Waals surface area contributed by atoms with E-state index in [2.05, 4.69) is 10.0 Å². The molecule has 4 rings (SSSR count). The summed E-state index contributed by atoms with van der Waals surface area (Å²) in [6, 6.07) is 5.62. The number of carbonyl (C=O) groups is 1. The number of hydrogen-bond donors (Lipinski definition) is 2. The first-order chi connectivity index (χ1) is 12.0. The van der Waals surface area contributed by atoms with Gasteiger partial charge in [0.2, 0.25) is 0 Å². The third-order valence-corrected chi connectivity index (χ3v) is 5.95. The molecule has 0 aromatic heterocycles. The Morgan fingerprint density at radius 1 is 1.15 bits per heavy atom. The van der Waals surface area contributed by atoms with Crippen molar-refractivity contribution in [1.82, 2.24) is 5.32 Å². The van der Waals surface area contributed by atoms with Crippen LogP contribution >= 0.6 is 12.4 Å². The first-order valence-corrected chi connectivity index (χ1v) is 9.64. The Hall–Kier alpha value is -2.09. The molecule has 2 heterocycles. The van der Waals surface area contributed by atoms with E-state index in [9.17, 15) is 13.2 Å². The number of esters is 1. The maximum absolute atomic E-state index is 12.7. The molecule has 26 heavy (non-hydrogen) atoms. The fourth-order valence-electron chi connectivity index (χ4n) is 3.24. The van der Waals surface area contributed by atoms with Gasteiger partial charge in [-0.1, -0.05) is 18.2 Å². The summed E-state index contributed by atoms with van der Waals surface area (Å²) >= 11 is 0. The highest BCUT2D eigenvalue weighted by Crippen LogP contribution is 2.28. The van der Waals surface area contributed by atoms with Crippen LogP contribution in [0.2, 0.25) is 0 Å². The summed E-state index contributed by atoms with van der Waals surface area (Å²) in [6.45, 7) is 1.70. The van der Waals surface area contributed by atoms with Crippen molar-refractivity contribution in [2.75, 3.05) is 11.3 Å². The molecule has 3 aliphatic rings. The largest absolute Gasteiger partial charge is 0.454 e. The van der Waals surface area contributed by atoms with E-state index in [0.29, 0.717) is 5.69 Å². The van der Waals surface area contributed by atoms with Crippen molar-refractivity contribution in [3.63, 3.8) is 0 Å². The van der Waals surface area contributed by atoms with Gasteiger partial charge in [-0.3, -0.25) is 4.72 Å². The van der Waals surface area contributed by atoms with Crippen LogP contribution < -0.4 is 10.0 Å². The number of hydrogen-bond acceptors (Lipinski definition) is 5. The van der Waals surface area contributed by atoms with Gasteiger partial charge in [-0.25, -0.2) is 13.2 Å². The second-order valence-corrected chi connectivity index (χ2v) is 7.96. The number of benzene rings is 1. The van der Waals surface area contributed by atoms with Crippen molar-refractivity contribution in [3.05, 3.63) is 64.6 Å². The molecule has 1 aromatic rings. The van der Waals surface area contributed by atoms with E-state index in [1.165, 1.54) is 17.7 Å². The summed E-state index contributed by atoms with van der Waals surface area (Å²) in [5.74, 6) is -0.670. The summed E-state index contributed by atoms with van der Waals surface area (Å²) in [6.07, 6.45) is 8.14. The number of halogens is 1. The Bertz CT molecular complexity index is 921. The van der Waals surface area contributed by atoms with Crippen LogP contribution in [-0.2, 0) is 32.5 Å². The van der Waals surface area contributed by atoms with Gasteiger partial charge in [-0.05, 0) is 48.4 Å². The zero-order chi connectivity index (χ0) is 17.4. The van der Waals surface area contributed by atoms with Crippen LogP contribution in [0.5, 0.6) is 0 Å². The van der Waals surface area contributed by atoms with E-state index in [1.54, 1.807) is 24.3 Å².